The molecule has 3 aromatic rings. The molecule has 1 amide bonds. The van der Waals surface area contributed by atoms with Crippen LogP contribution in [-0.4, -0.2) is 36.8 Å². The molecule has 25 heavy (non-hydrogen) atoms. The number of nitrogens with zero attached hydrogens (tertiary/aromatic N) is 3. The van der Waals surface area contributed by atoms with Crippen LogP contribution in [0.4, 0.5) is 0 Å². The topological polar surface area (TPSA) is 75.1 Å². The third kappa shape index (κ3) is 3.38. The Morgan fingerprint density at radius 2 is 2.04 bits per heavy atom. The molecule has 2 N–H and O–H groups in total. The van der Waals surface area contributed by atoms with Gasteiger partial charge in [0.1, 0.15) is 0 Å². The molecule has 0 radical (unpaired) electrons. The minimum Gasteiger partial charge on any atom is -0.352 e. The minimum atomic E-state index is -0.198. The molecular formula is C18H23N5OS. The van der Waals surface area contributed by atoms with Crippen molar-refractivity contribution in [3.05, 3.63) is 24.3 Å². The number of hydrogen-bond acceptors (Lipinski definition) is 4. The van der Waals surface area contributed by atoms with Gasteiger partial charge in [0.15, 0.2) is 5.16 Å². The van der Waals surface area contributed by atoms with Crippen molar-refractivity contribution in [2.45, 2.75) is 61.9 Å². The zero-order chi connectivity index (χ0) is 17.2. The van der Waals surface area contributed by atoms with Crippen LogP contribution in [-0.2, 0) is 4.79 Å². The van der Waals surface area contributed by atoms with Crippen molar-refractivity contribution in [1.82, 2.24) is 24.9 Å². The standard InChI is InChI=1S/C18H23N5OS/c1-12(16(24)19-13-8-4-2-3-5-9-13)25-18-22-21-17-20-14-10-6-7-11-15(14)23(17)18/h6-7,10-13H,2-5,8-9H2,1H3,(H,19,24)(H,20,21)/t12-/m1/s1. The van der Waals surface area contributed by atoms with E-state index in [1.165, 1.54) is 37.4 Å². The number of amides is 1. The maximum Gasteiger partial charge on any atom is 0.233 e. The average molecular weight is 357 g/mol. The number of imidazole rings is 1. The normalized spacial score (nSPS) is 17.6. The second-order valence-corrected chi connectivity index (χ2v) is 8.03. The predicted molar refractivity (Wildman–Crippen MR) is 99.8 cm³/mol. The van der Waals surface area contributed by atoms with Gasteiger partial charge >= 0.3 is 0 Å². The number of thioether (sulfide) groups is 1. The molecule has 0 aliphatic heterocycles. The summed E-state index contributed by atoms with van der Waals surface area (Å²) < 4.78 is 1.98. The molecule has 7 heteroatoms. The minimum absolute atomic E-state index is 0.0949. The summed E-state index contributed by atoms with van der Waals surface area (Å²) in [6, 6.07) is 8.28. The Bertz CT molecular complexity index is 878. The molecule has 6 nitrogen and oxygen atoms in total. The first kappa shape index (κ1) is 16.4. The lowest BCUT2D eigenvalue weighted by Crippen LogP contribution is -2.39. The molecule has 1 atom stereocenters. The fourth-order valence-corrected chi connectivity index (χ4v) is 4.36. The first-order valence-corrected chi connectivity index (χ1v) is 9.89. The van der Waals surface area contributed by atoms with Crippen LogP contribution in [0.25, 0.3) is 16.8 Å². The van der Waals surface area contributed by atoms with Gasteiger partial charge in [0.2, 0.25) is 11.7 Å². The summed E-state index contributed by atoms with van der Waals surface area (Å²) in [4.78, 5) is 17.1. The highest BCUT2D eigenvalue weighted by atomic mass is 32.2. The SMILES string of the molecule is C[C@@H](Sc1n[nH]c2nc3ccccc3n12)C(=O)NC1CCCCCC1. The molecule has 4 rings (SSSR count). The third-order valence-electron chi connectivity index (χ3n) is 4.86. The van der Waals surface area contributed by atoms with Gasteiger partial charge in [-0.1, -0.05) is 49.6 Å². The number of para-hydroxylation sites is 2. The molecule has 1 aliphatic carbocycles. The quantitative estimate of drug-likeness (QED) is 0.553. The van der Waals surface area contributed by atoms with E-state index in [1.54, 1.807) is 0 Å². The van der Waals surface area contributed by atoms with Crippen LogP contribution in [0.15, 0.2) is 29.4 Å². The number of fused-ring (bicyclic) bond motifs is 3. The first-order valence-electron chi connectivity index (χ1n) is 9.01. The number of nitrogens with one attached hydrogen (secondary N) is 2. The smallest absolute Gasteiger partial charge is 0.233 e. The van der Waals surface area contributed by atoms with Crippen molar-refractivity contribution in [3.8, 4) is 0 Å². The summed E-state index contributed by atoms with van der Waals surface area (Å²) in [6.45, 7) is 1.94. The van der Waals surface area contributed by atoms with Gasteiger partial charge in [0, 0.05) is 6.04 Å². The van der Waals surface area contributed by atoms with E-state index < -0.39 is 0 Å². The fraction of sp³-hybridized carbons (Fsp3) is 0.500. The monoisotopic (exact) mass is 357 g/mol. The van der Waals surface area contributed by atoms with Gasteiger partial charge in [-0.15, -0.1) is 5.10 Å². The number of H-pyrrole nitrogens is 1. The zero-order valence-electron chi connectivity index (χ0n) is 14.4. The molecular weight excluding hydrogens is 334 g/mol. The molecule has 1 aromatic carbocycles. The summed E-state index contributed by atoms with van der Waals surface area (Å²) in [6.07, 6.45) is 7.20. The number of aromatic nitrogens is 4. The van der Waals surface area contributed by atoms with Gasteiger partial charge in [0.05, 0.1) is 16.3 Å². The lowest BCUT2D eigenvalue weighted by Gasteiger charge is -2.18. The molecule has 0 saturated heterocycles. The van der Waals surface area contributed by atoms with Gasteiger partial charge in [-0.3, -0.25) is 9.20 Å². The highest BCUT2D eigenvalue weighted by Gasteiger charge is 2.22. The number of carbonyl (C=O) groups is 1. The number of rotatable bonds is 4. The van der Waals surface area contributed by atoms with Crippen LogP contribution in [0, 0.1) is 0 Å². The molecule has 0 bridgehead atoms. The lowest BCUT2D eigenvalue weighted by molar-refractivity contribution is -0.121. The predicted octanol–water partition coefficient (Wildman–Crippen LogP) is 3.53. The number of carbonyl (C=O) groups excluding carboxylic acids is 1. The summed E-state index contributed by atoms with van der Waals surface area (Å²) in [5.41, 5.74) is 1.93. The Hall–Kier alpha value is -2.02. The summed E-state index contributed by atoms with van der Waals surface area (Å²) in [7, 11) is 0. The van der Waals surface area contributed by atoms with Crippen molar-refractivity contribution < 1.29 is 4.79 Å². The fourth-order valence-electron chi connectivity index (χ4n) is 3.48. The van der Waals surface area contributed by atoms with Crippen molar-refractivity contribution >= 4 is 34.5 Å². The molecule has 2 heterocycles. The summed E-state index contributed by atoms with van der Waals surface area (Å²) in [5, 5.41) is 11.1. The maximum absolute atomic E-state index is 12.6. The van der Waals surface area contributed by atoms with Gasteiger partial charge < -0.3 is 5.32 Å². The van der Waals surface area contributed by atoms with E-state index in [-0.39, 0.29) is 11.2 Å². The summed E-state index contributed by atoms with van der Waals surface area (Å²) >= 11 is 1.47. The van der Waals surface area contributed by atoms with Crippen LogP contribution in [0.5, 0.6) is 0 Å². The number of benzene rings is 1. The lowest BCUT2D eigenvalue weighted by atomic mass is 10.1. The third-order valence-corrected chi connectivity index (χ3v) is 5.91. The maximum atomic E-state index is 12.6. The molecule has 132 valence electrons. The van der Waals surface area contributed by atoms with Gasteiger partial charge in [-0.2, -0.15) is 0 Å². The molecule has 1 aliphatic rings. The largest absolute Gasteiger partial charge is 0.352 e. The van der Waals surface area contributed by atoms with Gasteiger partial charge in [-0.25, -0.2) is 10.1 Å². The van der Waals surface area contributed by atoms with E-state index in [9.17, 15) is 4.79 Å². The first-order chi connectivity index (χ1) is 12.2. The van der Waals surface area contributed by atoms with E-state index in [1.807, 2.05) is 35.6 Å². The van der Waals surface area contributed by atoms with E-state index in [2.05, 4.69) is 20.5 Å². The number of aromatic amines is 1. The average Bonchev–Trinajstić information content (AvgIpc) is 3.06. The summed E-state index contributed by atoms with van der Waals surface area (Å²) in [5.74, 6) is 0.803. The highest BCUT2D eigenvalue weighted by Crippen LogP contribution is 2.26. The zero-order valence-corrected chi connectivity index (χ0v) is 15.2. The Morgan fingerprint density at radius 3 is 2.84 bits per heavy atom. The Morgan fingerprint density at radius 1 is 1.28 bits per heavy atom. The van der Waals surface area contributed by atoms with Gasteiger partial charge in [0.25, 0.3) is 0 Å². The highest BCUT2D eigenvalue weighted by molar-refractivity contribution is 8.00. The Balaban J connectivity index is 1.49. The van der Waals surface area contributed by atoms with Crippen LogP contribution >= 0.6 is 11.8 Å². The Labute approximate surface area is 150 Å². The second-order valence-electron chi connectivity index (χ2n) is 6.72. The number of hydrogen-bond donors (Lipinski definition) is 2. The van der Waals surface area contributed by atoms with Crippen LogP contribution < -0.4 is 5.32 Å². The van der Waals surface area contributed by atoms with E-state index in [0.717, 1.165) is 29.0 Å². The van der Waals surface area contributed by atoms with Crippen molar-refractivity contribution in [3.63, 3.8) is 0 Å². The van der Waals surface area contributed by atoms with E-state index in [4.69, 9.17) is 0 Å². The van der Waals surface area contributed by atoms with Crippen molar-refractivity contribution in [2.24, 2.45) is 0 Å². The van der Waals surface area contributed by atoms with E-state index in [0.29, 0.717) is 11.8 Å². The molecule has 1 fully saturated rings. The van der Waals surface area contributed by atoms with Crippen molar-refractivity contribution in [2.75, 3.05) is 0 Å². The second kappa shape index (κ2) is 7.07. The molecule has 1 saturated carbocycles. The Kier molecular flexibility index (Phi) is 4.65. The van der Waals surface area contributed by atoms with Crippen molar-refractivity contribution in [1.29, 1.82) is 0 Å². The van der Waals surface area contributed by atoms with Gasteiger partial charge in [-0.05, 0) is 31.9 Å². The molecule has 0 unspecified atom stereocenters. The van der Waals surface area contributed by atoms with Crippen LogP contribution in [0.2, 0.25) is 0 Å². The molecule has 2 aromatic heterocycles. The van der Waals surface area contributed by atoms with E-state index >= 15 is 0 Å². The van der Waals surface area contributed by atoms with Crippen LogP contribution in [0.1, 0.15) is 45.4 Å². The molecule has 0 spiro atoms. The van der Waals surface area contributed by atoms with Crippen LogP contribution in [0.3, 0.4) is 0 Å².